The molecule has 1 aliphatic rings. The van der Waals surface area contributed by atoms with Gasteiger partial charge in [-0.25, -0.2) is 4.39 Å². The summed E-state index contributed by atoms with van der Waals surface area (Å²) in [5.41, 5.74) is 0.370. The minimum absolute atomic E-state index is 0.185. The SMILES string of the molecule is CN1C=CN(C(=O)c2cccc(F)c2)C1. The molecule has 0 bridgehead atoms. The first-order valence-corrected chi connectivity index (χ1v) is 4.62. The molecule has 0 saturated heterocycles. The fraction of sp³-hybridized carbons (Fsp3) is 0.182. The summed E-state index contributed by atoms with van der Waals surface area (Å²) in [6, 6.07) is 5.71. The molecule has 1 aromatic carbocycles. The monoisotopic (exact) mass is 206 g/mol. The van der Waals surface area contributed by atoms with E-state index in [1.165, 1.54) is 23.1 Å². The zero-order chi connectivity index (χ0) is 10.8. The van der Waals surface area contributed by atoms with Crippen molar-refractivity contribution in [1.29, 1.82) is 0 Å². The van der Waals surface area contributed by atoms with E-state index in [2.05, 4.69) is 0 Å². The lowest BCUT2D eigenvalue weighted by Gasteiger charge is -2.16. The Kier molecular flexibility index (Phi) is 2.41. The molecule has 3 nitrogen and oxygen atoms in total. The van der Waals surface area contributed by atoms with Gasteiger partial charge in [-0.05, 0) is 18.2 Å². The number of nitrogens with zero attached hydrogens (tertiary/aromatic N) is 2. The standard InChI is InChI=1S/C11H11FN2O/c1-13-5-6-14(8-13)11(15)9-3-2-4-10(12)7-9/h2-7H,8H2,1H3. The molecule has 15 heavy (non-hydrogen) atoms. The quantitative estimate of drug-likeness (QED) is 0.697. The molecule has 0 aliphatic carbocycles. The fourth-order valence-electron chi connectivity index (χ4n) is 1.45. The topological polar surface area (TPSA) is 23.6 Å². The van der Waals surface area contributed by atoms with Crippen LogP contribution in [0.25, 0.3) is 0 Å². The van der Waals surface area contributed by atoms with E-state index >= 15 is 0 Å². The van der Waals surface area contributed by atoms with Crippen molar-refractivity contribution in [3.63, 3.8) is 0 Å². The first-order chi connectivity index (χ1) is 7.16. The summed E-state index contributed by atoms with van der Waals surface area (Å²) >= 11 is 0. The molecule has 1 amide bonds. The van der Waals surface area contributed by atoms with E-state index in [9.17, 15) is 9.18 Å². The maximum atomic E-state index is 12.9. The van der Waals surface area contributed by atoms with Crippen LogP contribution in [0.15, 0.2) is 36.7 Å². The minimum Gasteiger partial charge on any atom is -0.361 e. The predicted octanol–water partition coefficient (Wildman–Crippen LogP) is 1.64. The van der Waals surface area contributed by atoms with Gasteiger partial charge in [-0.3, -0.25) is 9.69 Å². The zero-order valence-corrected chi connectivity index (χ0v) is 8.35. The van der Waals surface area contributed by atoms with Crippen molar-refractivity contribution >= 4 is 5.91 Å². The first kappa shape index (κ1) is 9.71. The molecule has 0 saturated carbocycles. The van der Waals surface area contributed by atoms with Gasteiger partial charge in [0.2, 0.25) is 0 Å². The van der Waals surface area contributed by atoms with Crippen LogP contribution in [-0.2, 0) is 0 Å². The molecular weight excluding hydrogens is 195 g/mol. The van der Waals surface area contributed by atoms with Crippen molar-refractivity contribution in [3.8, 4) is 0 Å². The second-order valence-electron chi connectivity index (χ2n) is 3.48. The maximum Gasteiger partial charge on any atom is 0.259 e. The van der Waals surface area contributed by atoms with Gasteiger partial charge in [0.1, 0.15) is 5.82 Å². The van der Waals surface area contributed by atoms with Crippen LogP contribution in [0.4, 0.5) is 4.39 Å². The van der Waals surface area contributed by atoms with Crippen LogP contribution >= 0.6 is 0 Å². The smallest absolute Gasteiger partial charge is 0.259 e. The van der Waals surface area contributed by atoms with Gasteiger partial charge < -0.3 is 4.90 Å². The van der Waals surface area contributed by atoms with E-state index in [1.807, 2.05) is 11.9 Å². The molecule has 0 fully saturated rings. The normalized spacial score (nSPS) is 14.8. The molecule has 0 unspecified atom stereocenters. The zero-order valence-electron chi connectivity index (χ0n) is 8.35. The van der Waals surface area contributed by atoms with Crippen LogP contribution in [0.2, 0.25) is 0 Å². The van der Waals surface area contributed by atoms with E-state index in [0.29, 0.717) is 12.2 Å². The van der Waals surface area contributed by atoms with Crippen LogP contribution in [0.5, 0.6) is 0 Å². The third kappa shape index (κ3) is 1.98. The second-order valence-corrected chi connectivity index (χ2v) is 3.48. The Bertz CT molecular complexity index is 417. The van der Waals surface area contributed by atoms with Gasteiger partial charge in [-0.2, -0.15) is 0 Å². The predicted molar refractivity (Wildman–Crippen MR) is 54.3 cm³/mol. The highest BCUT2D eigenvalue weighted by Gasteiger charge is 2.18. The summed E-state index contributed by atoms with van der Waals surface area (Å²) in [7, 11) is 1.87. The molecule has 0 spiro atoms. The number of rotatable bonds is 1. The summed E-state index contributed by atoms with van der Waals surface area (Å²) in [5, 5.41) is 0. The maximum absolute atomic E-state index is 12.9. The van der Waals surface area contributed by atoms with Crippen LogP contribution in [0.3, 0.4) is 0 Å². The molecule has 0 aromatic heterocycles. The number of hydrogen-bond acceptors (Lipinski definition) is 2. The summed E-state index contributed by atoms with van der Waals surface area (Å²) < 4.78 is 12.9. The van der Waals surface area contributed by atoms with Gasteiger partial charge in [0.05, 0.1) is 6.67 Å². The second kappa shape index (κ2) is 3.73. The Balaban J connectivity index is 2.18. The Hall–Kier alpha value is -1.84. The average Bonchev–Trinajstić information content (AvgIpc) is 2.64. The molecule has 1 aliphatic heterocycles. The summed E-state index contributed by atoms with van der Waals surface area (Å²) in [6.07, 6.45) is 3.49. The van der Waals surface area contributed by atoms with Crippen LogP contribution in [-0.4, -0.2) is 29.4 Å². The molecule has 0 radical (unpaired) electrons. The highest BCUT2D eigenvalue weighted by Crippen LogP contribution is 2.11. The van der Waals surface area contributed by atoms with Crippen molar-refractivity contribution in [2.24, 2.45) is 0 Å². The van der Waals surface area contributed by atoms with E-state index in [-0.39, 0.29) is 5.91 Å². The van der Waals surface area contributed by atoms with Gasteiger partial charge in [-0.1, -0.05) is 6.07 Å². The molecule has 1 heterocycles. The Morgan fingerprint density at radius 3 is 2.80 bits per heavy atom. The highest BCUT2D eigenvalue weighted by atomic mass is 19.1. The van der Waals surface area contributed by atoms with Crippen molar-refractivity contribution in [1.82, 2.24) is 9.80 Å². The van der Waals surface area contributed by atoms with Crippen LogP contribution in [0, 0.1) is 5.82 Å². The van der Waals surface area contributed by atoms with Crippen molar-refractivity contribution in [2.45, 2.75) is 0 Å². The van der Waals surface area contributed by atoms with E-state index in [0.717, 1.165) is 0 Å². The number of halogens is 1. The van der Waals surface area contributed by atoms with Gasteiger partial charge in [0.25, 0.3) is 5.91 Å². The average molecular weight is 206 g/mol. The number of carbonyl (C=O) groups excluding carboxylic acids is 1. The lowest BCUT2D eigenvalue weighted by Crippen LogP contribution is -2.28. The molecule has 4 heteroatoms. The molecular formula is C11H11FN2O. The Morgan fingerprint density at radius 2 is 2.20 bits per heavy atom. The Labute approximate surface area is 87.4 Å². The number of carbonyl (C=O) groups is 1. The number of hydrogen-bond donors (Lipinski definition) is 0. The van der Waals surface area contributed by atoms with Gasteiger partial charge in [0, 0.05) is 25.0 Å². The van der Waals surface area contributed by atoms with Crippen molar-refractivity contribution in [2.75, 3.05) is 13.7 Å². The molecule has 0 N–H and O–H groups in total. The summed E-state index contributed by atoms with van der Waals surface area (Å²) in [6.45, 7) is 0.509. The first-order valence-electron chi connectivity index (χ1n) is 4.62. The lowest BCUT2D eigenvalue weighted by molar-refractivity contribution is 0.0802. The van der Waals surface area contributed by atoms with Crippen LogP contribution < -0.4 is 0 Å². The van der Waals surface area contributed by atoms with Gasteiger partial charge in [-0.15, -0.1) is 0 Å². The molecule has 0 atom stereocenters. The largest absolute Gasteiger partial charge is 0.361 e. The van der Waals surface area contributed by atoms with E-state index < -0.39 is 5.82 Å². The van der Waals surface area contributed by atoms with Crippen molar-refractivity contribution < 1.29 is 9.18 Å². The van der Waals surface area contributed by atoms with Crippen molar-refractivity contribution in [3.05, 3.63) is 48.0 Å². The summed E-state index contributed by atoms with van der Waals surface area (Å²) in [5.74, 6) is -0.576. The van der Waals surface area contributed by atoms with Gasteiger partial charge in [0.15, 0.2) is 0 Å². The Morgan fingerprint density at radius 1 is 1.40 bits per heavy atom. The minimum atomic E-state index is -0.391. The lowest BCUT2D eigenvalue weighted by atomic mass is 10.2. The highest BCUT2D eigenvalue weighted by molar-refractivity contribution is 5.95. The third-order valence-electron chi connectivity index (χ3n) is 2.21. The fourth-order valence-corrected chi connectivity index (χ4v) is 1.45. The van der Waals surface area contributed by atoms with E-state index in [1.54, 1.807) is 18.5 Å². The molecule has 2 rings (SSSR count). The third-order valence-corrected chi connectivity index (χ3v) is 2.21. The molecule has 78 valence electrons. The van der Waals surface area contributed by atoms with Gasteiger partial charge >= 0.3 is 0 Å². The summed E-state index contributed by atoms with van der Waals surface area (Å²) in [4.78, 5) is 15.2. The number of benzene rings is 1. The van der Waals surface area contributed by atoms with Crippen LogP contribution in [0.1, 0.15) is 10.4 Å². The molecule has 1 aromatic rings. The van der Waals surface area contributed by atoms with E-state index in [4.69, 9.17) is 0 Å². The number of amides is 1.